The predicted molar refractivity (Wildman–Crippen MR) is 57.2 cm³/mol. The molecular weight excluding hydrogens is 174 g/mol. The van der Waals surface area contributed by atoms with Gasteiger partial charge in [0, 0.05) is 0 Å². The second-order valence-corrected chi connectivity index (χ2v) is 3.26. The SMILES string of the molecule is Cc1cnc(C)n1Nc1ccccc1. The van der Waals surface area contributed by atoms with Crippen LogP contribution < -0.4 is 5.43 Å². The molecule has 3 heteroatoms. The molecule has 0 spiro atoms. The van der Waals surface area contributed by atoms with Crippen molar-refractivity contribution >= 4 is 5.69 Å². The molecule has 2 rings (SSSR count). The minimum atomic E-state index is 0.964. The fraction of sp³-hybridized carbons (Fsp3) is 0.182. The molecule has 3 nitrogen and oxygen atoms in total. The van der Waals surface area contributed by atoms with Crippen LogP contribution in [0.1, 0.15) is 11.5 Å². The molecule has 72 valence electrons. The second kappa shape index (κ2) is 3.54. The van der Waals surface area contributed by atoms with Gasteiger partial charge in [0.2, 0.25) is 0 Å². The maximum absolute atomic E-state index is 4.21. The molecule has 14 heavy (non-hydrogen) atoms. The van der Waals surface area contributed by atoms with E-state index in [1.807, 2.05) is 55.1 Å². The maximum Gasteiger partial charge on any atom is 0.124 e. The zero-order valence-corrected chi connectivity index (χ0v) is 8.36. The minimum Gasteiger partial charge on any atom is -0.293 e. The van der Waals surface area contributed by atoms with E-state index in [2.05, 4.69) is 10.4 Å². The van der Waals surface area contributed by atoms with Gasteiger partial charge in [-0.05, 0) is 26.0 Å². The fourth-order valence-corrected chi connectivity index (χ4v) is 1.37. The zero-order chi connectivity index (χ0) is 9.97. The number of benzene rings is 1. The summed E-state index contributed by atoms with van der Waals surface area (Å²) in [6, 6.07) is 10.1. The first-order valence-corrected chi connectivity index (χ1v) is 4.60. The second-order valence-electron chi connectivity index (χ2n) is 3.26. The molecule has 0 unspecified atom stereocenters. The quantitative estimate of drug-likeness (QED) is 0.782. The van der Waals surface area contributed by atoms with E-state index in [1.54, 1.807) is 0 Å². The lowest BCUT2D eigenvalue weighted by molar-refractivity contribution is 0.863. The lowest BCUT2D eigenvalue weighted by Gasteiger charge is -2.10. The van der Waals surface area contributed by atoms with E-state index in [4.69, 9.17) is 0 Å². The maximum atomic E-state index is 4.21. The van der Waals surface area contributed by atoms with Crippen molar-refractivity contribution < 1.29 is 0 Å². The van der Waals surface area contributed by atoms with Gasteiger partial charge in [-0.2, -0.15) is 0 Å². The number of nitrogens with one attached hydrogen (secondary N) is 1. The number of rotatable bonds is 2. The molecule has 1 heterocycles. The highest BCUT2D eigenvalue weighted by Gasteiger charge is 2.00. The van der Waals surface area contributed by atoms with Crippen molar-refractivity contribution in [1.82, 2.24) is 9.66 Å². The van der Waals surface area contributed by atoms with Crippen LogP contribution in [0.15, 0.2) is 36.5 Å². The van der Waals surface area contributed by atoms with Crippen molar-refractivity contribution in [1.29, 1.82) is 0 Å². The van der Waals surface area contributed by atoms with Crippen molar-refractivity contribution in [2.24, 2.45) is 0 Å². The van der Waals surface area contributed by atoms with Gasteiger partial charge >= 0.3 is 0 Å². The van der Waals surface area contributed by atoms with E-state index in [-0.39, 0.29) is 0 Å². The van der Waals surface area contributed by atoms with Gasteiger partial charge in [-0.25, -0.2) is 9.66 Å². The van der Waals surface area contributed by atoms with Crippen LogP contribution in [-0.2, 0) is 0 Å². The van der Waals surface area contributed by atoms with Gasteiger partial charge in [-0.3, -0.25) is 5.43 Å². The summed E-state index contributed by atoms with van der Waals surface area (Å²) < 4.78 is 1.97. The molecule has 1 aromatic heterocycles. The Morgan fingerprint density at radius 2 is 1.86 bits per heavy atom. The first kappa shape index (κ1) is 8.81. The van der Waals surface area contributed by atoms with Crippen LogP contribution in [0.3, 0.4) is 0 Å². The first-order chi connectivity index (χ1) is 6.77. The van der Waals surface area contributed by atoms with Crippen LogP contribution in [-0.4, -0.2) is 9.66 Å². The van der Waals surface area contributed by atoms with Gasteiger partial charge in [0.1, 0.15) is 5.82 Å². The third-order valence-electron chi connectivity index (χ3n) is 2.13. The van der Waals surface area contributed by atoms with Crippen molar-refractivity contribution in [2.45, 2.75) is 13.8 Å². The molecule has 0 atom stereocenters. The summed E-state index contributed by atoms with van der Waals surface area (Å²) in [5, 5.41) is 0. The standard InChI is InChI=1S/C11H13N3/c1-9-8-12-10(2)14(9)13-11-6-4-3-5-7-11/h3-8,13H,1-2H3. The Labute approximate surface area is 83.4 Å². The van der Waals surface area contributed by atoms with Gasteiger partial charge in [-0.15, -0.1) is 0 Å². The molecule has 0 amide bonds. The third kappa shape index (κ3) is 1.62. The number of imidazole rings is 1. The minimum absolute atomic E-state index is 0.964. The third-order valence-corrected chi connectivity index (χ3v) is 2.13. The van der Waals surface area contributed by atoms with Crippen LogP contribution in [0, 0.1) is 13.8 Å². The van der Waals surface area contributed by atoms with Gasteiger partial charge < -0.3 is 0 Å². The Kier molecular flexibility index (Phi) is 2.23. The summed E-state index contributed by atoms with van der Waals surface area (Å²) in [6.07, 6.45) is 1.85. The summed E-state index contributed by atoms with van der Waals surface area (Å²) in [7, 11) is 0. The molecular formula is C11H13N3. The van der Waals surface area contributed by atoms with Gasteiger partial charge in [-0.1, -0.05) is 18.2 Å². The molecule has 0 aliphatic rings. The normalized spacial score (nSPS) is 10.1. The number of hydrogen-bond acceptors (Lipinski definition) is 2. The Morgan fingerprint density at radius 3 is 2.43 bits per heavy atom. The molecule has 0 aliphatic carbocycles. The number of nitrogens with zero attached hydrogens (tertiary/aromatic N) is 2. The zero-order valence-electron chi connectivity index (χ0n) is 8.36. The summed E-state index contributed by atoms with van der Waals surface area (Å²) in [5.74, 6) is 0.964. The Morgan fingerprint density at radius 1 is 1.14 bits per heavy atom. The smallest absolute Gasteiger partial charge is 0.124 e. The number of hydrogen-bond donors (Lipinski definition) is 1. The van der Waals surface area contributed by atoms with Crippen molar-refractivity contribution in [3.05, 3.63) is 48.0 Å². The van der Waals surface area contributed by atoms with E-state index in [1.165, 1.54) is 0 Å². The van der Waals surface area contributed by atoms with E-state index < -0.39 is 0 Å². The highest BCUT2D eigenvalue weighted by Crippen LogP contribution is 2.08. The van der Waals surface area contributed by atoms with Crippen molar-refractivity contribution in [2.75, 3.05) is 5.43 Å². The van der Waals surface area contributed by atoms with Crippen LogP contribution in [0.2, 0.25) is 0 Å². The molecule has 0 bridgehead atoms. The first-order valence-electron chi connectivity index (χ1n) is 4.60. The number of aryl methyl sites for hydroxylation is 2. The molecule has 0 radical (unpaired) electrons. The predicted octanol–water partition coefficient (Wildman–Crippen LogP) is 2.38. The Hall–Kier alpha value is -1.77. The molecule has 0 saturated carbocycles. The largest absolute Gasteiger partial charge is 0.293 e. The molecule has 0 aliphatic heterocycles. The van der Waals surface area contributed by atoms with Crippen LogP contribution >= 0.6 is 0 Å². The van der Waals surface area contributed by atoms with E-state index in [0.29, 0.717) is 0 Å². The highest BCUT2D eigenvalue weighted by atomic mass is 15.4. The summed E-state index contributed by atoms with van der Waals surface area (Å²) in [5.41, 5.74) is 5.44. The molecule has 2 aromatic rings. The number of para-hydroxylation sites is 1. The molecule has 0 fully saturated rings. The Bertz CT molecular complexity index is 398. The van der Waals surface area contributed by atoms with E-state index >= 15 is 0 Å². The summed E-state index contributed by atoms with van der Waals surface area (Å²) in [6.45, 7) is 4.00. The van der Waals surface area contributed by atoms with Crippen LogP contribution in [0.4, 0.5) is 5.69 Å². The highest BCUT2D eigenvalue weighted by molar-refractivity contribution is 5.42. The Balaban J connectivity index is 2.27. The van der Waals surface area contributed by atoms with E-state index in [0.717, 1.165) is 17.2 Å². The monoisotopic (exact) mass is 187 g/mol. The van der Waals surface area contributed by atoms with Gasteiger partial charge in [0.05, 0.1) is 17.6 Å². The molecule has 0 saturated heterocycles. The fourth-order valence-electron chi connectivity index (χ4n) is 1.37. The van der Waals surface area contributed by atoms with Crippen molar-refractivity contribution in [3.63, 3.8) is 0 Å². The van der Waals surface area contributed by atoms with Crippen LogP contribution in [0.25, 0.3) is 0 Å². The number of anilines is 1. The average molecular weight is 187 g/mol. The van der Waals surface area contributed by atoms with Crippen LogP contribution in [0.5, 0.6) is 0 Å². The average Bonchev–Trinajstić information content (AvgIpc) is 2.51. The molecule has 1 aromatic carbocycles. The van der Waals surface area contributed by atoms with E-state index in [9.17, 15) is 0 Å². The summed E-state index contributed by atoms with van der Waals surface area (Å²) >= 11 is 0. The lowest BCUT2D eigenvalue weighted by atomic mass is 10.3. The van der Waals surface area contributed by atoms with Gasteiger partial charge in [0.25, 0.3) is 0 Å². The lowest BCUT2D eigenvalue weighted by Crippen LogP contribution is -2.12. The number of aromatic nitrogens is 2. The van der Waals surface area contributed by atoms with Gasteiger partial charge in [0.15, 0.2) is 0 Å². The van der Waals surface area contributed by atoms with Crippen molar-refractivity contribution in [3.8, 4) is 0 Å². The summed E-state index contributed by atoms with van der Waals surface area (Å²) in [4.78, 5) is 4.21. The topological polar surface area (TPSA) is 29.9 Å². The molecule has 1 N–H and O–H groups in total.